The number of aliphatic hydroxyl groups is 1. The van der Waals surface area contributed by atoms with E-state index in [1.165, 1.54) is 0 Å². The van der Waals surface area contributed by atoms with Gasteiger partial charge in [0.05, 0.1) is 17.7 Å². The third-order valence-corrected chi connectivity index (χ3v) is 3.46. The van der Waals surface area contributed by atoms with Crippen molar-refractivity contribution in [2.45, 2.75) is 18.9 Å². The lowest BCUT2D eigenvalue weighted by atomic mass is 10.1. The molecule has 0 atom stereocenters. The second kappa shape index (κ2) is 4.97. The standard InChI is InChI=1S/C15H16N2O2/c18-8-7-17(13-5-6-13)15-12(10-19)9-11-3-1-2-4-14(11)16-15/h1-4,9-10,13,18H,5-8H2. The number of fused-ring (bicyclic) bond motifs is 1. The molecule has 1 fully saturated rings. The van der Waals surface area contributed by atoms with Crippen LogP contribution in [0.15, 0.2) is 30.3 Å². The minimum atomic E-state index is 0.0727. The van der Waals surface area contributed by atoms with Crippen LogP contribution in [0, 0.1) is 0 Å². The van der Waals surface area contributed by atoms with Crippen molar-refractivity contribution in [2.24, 2.45) is 0 Å². The molecule has 0 radical (unpaired) electrons. The number of aromatic nitrogens is 1. The zero-order valence-corrected chi connectivity index (χ0v) is 10.6. The van der Waals surface area contributed by atoms with Gasteiger partial charge in [-0.05, 0) is 25.0 Å². The van der Waals surface area contributed by atoms with Crippen LogP contribution in [-0.2, 0) is 0 Å². The van der Waals surface area contributed by atoms with Crippen molar-refractivity contribution >= 4 is 23.0 Å². The average molecular weight is 256 g/mol. The Morgan fingerprint density at radius 2 is 2.16 bits per heavy atom. The normalized spacial score (nSPS) is 14.6. The van der Waals surface area contributed by atoms with Crippen LogP contribution in [0.4, 0.5) is 5.82 Å². The third-order valence-electron chi connectivity index (χ3n) is 3.46. The molecule has 0 bridgehead atoms. The molecule has 19 heavy (non-hydrogen) atoms. The third kappa shape index (κ3) is 2.31. The van der Waals surface area contributed by atoms with Crippen molar-refractivity contribution in [3.05, 3.63) is 35.9 Å². The van der Waals surface area contributed by atoms with Crippen LogP contribution in [0.3, 0.4) is 0 Å². The van der Waals surface area contributed by atoms with Crippen LogP contribution in [-0.4, -0.2) is 35.6 Å². The first kappa shape index (κ1) is 12.1. The van der Waals surface area contributed by atoms with Gasteiger partial charge in [-0.1, -0.05) is 18.2 Å². The fourth-order valence-corrected chi connectivity index (χ4v) is 2.39. The molecule has 0 spiro atoms. The van der Waals surface area contributed by atoms with E-state index in [2.05, 4.69) is 9.88 Å². The van der Waals surface area contributed by atoms with Gasteiger partial charge in [0, 0.05) is 18.0 Å². The molecule has 1 aromatic carbocycles. The van der Waals surface area contributed by atoms with Crippen molar-refractivity contribution in [3.63, 3.8) is 0 Å². The van der Waals surface area contributed by atoms with Gasteiger partial charge in [0.25, 0.3) is 0 Å². The Hall–Kier alpha value is -1.94. The molecule has 0 amide bonds. The summed E-state index contributed by atoms with van der Waals surface area (Å²) in [7, 11) is 0. The molecule has 1 heterocycles. The quantitative estimate of drug-likeness (QED) is 0.831. The molecule has 0 unspecified atom stereocenters. The molecule has 1 aliphatic rings. The molecule has 2 aromatic rings. The summed E-state index contributed by atoms with van der Waals surface area (Å²) in [6.45, 7) is 0.597. The summed E-state index contributed by atoms with van der Waals surface area (Å²) in [5.74, 6) is 0.699. The van der Waals surface area contributed by atoms with Gasteiger partial charge in [-0.15, -0.1) is 0 Å². The molecule has 4 nitrogen and oxygen atoms in total. The van der Waals surface area contributed by atoms with E-state index in [1.807, 2.05) is 30.3 Å². The second-order valence-electron chi connectivity index (χ2n) is 4.86. The Bertz CT molecular complexity index is 608. The number of pyridine rings is 1. The number of carbonyl (C=O) groups excluding carboxylic acids is 1. The Morgan fingerprint density at radius 3 is 2.84 bits per heavy atom. The van der Waals surface area contributed by atoms with Crippen molar-refractivity contribution in [2.75, 3.05) is 18.1 Å². The highest BCUT2D eigenvalue weighted by molar-refractivity contribution is 5.91. The highest BCUT2D eigenvalue weighted by Crippen LogP contribution is 2.33. The van der Waals surface area contributed by atoms with Crippen LogP contribution in [0.5, 0.6) is 0 Å². The Labute approximate surface area is 111 Å². The number of nitrogens with zero attached hydrogens (tertiary/aromatic N) is 2. The number of rotatable bonds is 5. The molecule has 1 saturated carbocycles. The van der Waals surface area contributed by atoms with Gasteiger partial charge in [0.1, 0.15) is 5.82 Å². The molecule has 1 N–H and O–H groups in total. The molecular formula is C15H16N2O2. The van der Waals surface area contributed by atoms with Crippen molar-refractivity contribution in [3.8, 4) is 0 Å². The van der Waals surface area contributed by atoms with Crippen molar-refractivity contribution in [1.29, 1.82) is 0 Å². The van der Waals surface area contributed by atoms with E-state index < -0.39 is 0 Å². The molecular weight excluding hydrogens is 240 g/mol. The fourth-order valence-electron chi connectivity index (χ4n) is 2.39. The van der Waals surface area contributed by atoms with Gasteiger partial charge in [-0.2, -0.15) is 0 Å². The average Bonchev–Trinajstić information content (AvgIpc) is 3.28. The topological polar surface area (TPSA) is 53.4 Å². The van der Waals surface area contributed by atoms with Crippen LogP contribution >= 0.6 is 0 Å². The molecule has 4 heteroatoms. The first-order valence-electron chi connectivity index (χ1n) is 6.56. The maximum atomic E-state index is 11.3. The molecule has 0 aliphatic heterocycles. The van der Waals surface area contributed by atoms with E-state index in [9.17, 15) is 9.90 Å². The van der Waals surface area contributed by atoms with Gasteiger partial charge < -0.3 is 10.0 Å². The van der Waals surface area contributed by atoms with Crippen molar-refractivity contribution < 1.29 is 9.90 Å². The molecule has 1 aliphatic carbocycles. The fraction of sp³-hybridized carbons (Fsp3) is 0.333. The SMILES string of the molecule is O=Cc1cc2ccccc2nc1N(CCO)C1CC1. The van der Waals surface area contributed by atoms with Crippen LogP contribution < -0.4 is 4.90 Å². The minimum absolute atomic E-state index is 0.0727. The number of hydrogen-bond acceptors (Lipinski definition) is 4. The van der Waals surface area contributed by atoms with Crippen molar-refractivity contribution in [1.82, 2.24) is 4.98 Å². The lowest BCUT2D eigenvalue weighted by Crippen LogP contribution is -2.30. The van der Waals surface area contributed by atoms with Crippen LogP contribution in [0.25, 0.3) is 10.9 Å². The summed E-state index contributed by atoms with van der Waals surface area (Å²) in [6.07, 6.45) is 3.06. The molecule has 1 aromatic heterocycles. The van der Waals surface area contributed by atoms with Gasteiger partial charge >= 0.3 is 0 Å². The van der Waals surface area contributed by atoms with E-state index >= 15 is 0 Å². The summed E-state index contributed by atoms with van der Waals surface area (Å²) in [5, 5.41) is 10.2. The van der Waals surface area contributed by atoms with E-state index in [-0.39, 0.29) is 6.61 Å². The summed E-state index contributed by atoms with van der Waals surface area (Å²) in [6, 6.07) is 10.1. The van der Waals surface area contributed by atoms with E-state index in [0.29, 0.717) is 24.0 Å². The zero-order valence-electron chi connectivity index (χ0n) is 10.6. The number of benzene rings is 1. The molecule has 3 rings (SSSR count). The minimum Gasteiger partial charge on any atom is -0.395 e. The number of para-hydroxylation sites is 1. The van der Waals surface area contributed by atoms with Gasteiger partial charge in [-0.25, -0.2) is 4.98 Å². The summed E-state index contributed by atoms with van der Waals surface area (Å²) in [4.78, 5) is 18.0. The lowest BCUT2D eigenvalue weighted by Gasteiger charge is -2.24. The summed E-state index contributed by atoms with van der Waals surface area (Å²) in [5.41, 5.74) is 1.48. The summed E-state index contributed by atoms with van der Waals surface area (Å²) >= 11 is 0. The predicted molar refractivity (Wildman–Crippen MR) is 74.6 cm³/mol. The first-order valence-corrected chi connectivity index (χ1v) is 6.56. The highest BCUT2D eigenvalue weighted by atomic mass is 16.3. The van der Waals surface area contributed by atoms with E-state index in [1.54, 1.807) is 0 Å². The summed E-state index contributed by atoms with van der Waals surface area (Å²) < 4.78 is 0. The second-order valence-corrected chi connectivity index (χ2v) is 4.86. The maximum absolute atomic E-state index is 11.3. The Morgan fingerprint density at radius 1 is 1.37 bits per heavy atom. The van der Waals surface area contributed by atoms with Gasteiger partial charge in [0.2, 0.25) is 0 Å². The van der Waals surface area contributed by atoms with Crippen LogP contribution in [0.2, 0.25) is 0 Å². The maximum Gasteiger partial charge on any atom is 0.153 e. The Kier molecular flexibility index (Phi) is 3.17. The number of hydrogen-bond donors (Lipinski definition) is 1. The smallest absolute Gasteiger partial charge is 0.153 e. The molecule has 98 valence electrons. The largest absolute Gasteiger partial charge is 0.395 e. The number of anilines is 1. The first-order chi connectivity index (χ1) is 9.33. The predicted octanol–water partition coefficient (Wildman–Crippen LogP) is 2.01. The van der Waals surface area contributed by atoms with Crippen LogP contribution in [0.1, 0.15) is 23.2 Å². The number of aldehydes is 1. The Balaban J connectivity index is 2.11. The van der Waals surface area contributed by atoms with E-state index in [0.717, 1.165) is 30.0 Å². The number of carbonyl (C=O) groups is 1. The highest BCUT2D eigenvalue weighted by Gasteiger charge is 2.31. The van der Waals surface area contributed by atoms with E-state index in [4.69, 9.17) is 0 Å². The lowest BCUT2D eigenvalue weighted by molar-refractivity contribution is 0.112. The van der Waals surface area contributed by atoms with Gasteiger partial charge in [0.15, 0.2) is 6.29 Å². The molecule has 0 saturated heterocycles. The number of aliphatic hydroxyl groups excluding tert-OH is 1. The monoisotopic (exact) mass is 256 g/mol. The zero-order chi connectivity index (χ0) is 13.2. The van der Waals surface area contributed by atoms with Gasteiger partial charge in [-0.3, -0.25) is 4.79 Å².